The minimum absolute atomic E-state index is 0.0364. The number of piperidine rings is 1. The first-order chi connectivity index (χ1) is 11.1. The van der Waals surface area contributed by atoms with E-state index < -0.39 is 0 Å². The molecule has 0 bridgehead atoms. The van der Waals surface area contributed by atoms with Crippen LogP contribution in [0.1, 0.15) is 17.7 Å². The van der Waals surface area contributed by atoms with Crippen molar-refractivity contribution in [1.29, 1.82) is 0 Å². The van der Waals surface area contributed by atoms with E-state index in [0.717, 1.165) is 19.4 Å². The molecule has 1 aliphatic rings. The molecule has 2 amide bonds. The predicted octanol–water partition coefficient (Wildman–Crippen LogP) is 0.493. The molecule has 2 heterocycles. The molecule has 2 rings (SSSR count). The summed E-state index contributed by atoms with van der Waals surface area (Å²) < 4.78 is 0. The van der Waals surface area contributed by atoms with Crippen molar-refractivity contribution in [2.24, 2.45) is 11.7 Å². The van der Waals surface area contributed by atoms with Gasteiger partial charge in [-0.05, 0) is 30.8 Å². The Morgan fingerprint density at radius 1 is 1.52 bits per heavy atom. The second-order valence-corrected chi connectivity index (χ2v) is 7.02. The molecular formula is C16H26N4O2S. The molecule has 1 aliphatic heterocycles. The zero-order chi connectivity index (χ0) is 16.7. The second kappa shape index (κ2) is 9.00. The molecule has 1 fully saturated rings. The smallest absolute Gasteiger partial charge is 0.236 e. The van der Waals surface area contributed by atoms with Crippen LogP contribution >= 0.6 is 11.3 Å². The molecule has 23 heavy (non-hydrogen) atoms. The predicted molar refractivity (Wildman–Crippen MR) is 92.0 cm³/mol. The van der Waals surface area contributed by atoms with Crippen LogP contribution in [-0.4, -0.2) is 61.4 Å². The summed E-state index contributed by atoms with van der Waals surface area (Å²) >= 11 is 1.66. The lowest BCUT2D eigenvalue weighted by atomic mass is 9.97. The van der Waals surface area contributed by atoms with E-state index in [4.69, 9.17) is 5.73 Å². The van der Waals surface area contributed by atoms with E-state index >= 15 is 0 Å². The molecule has 1 saturated heterocycles. The number of nitrogens with one attached hydrogen (secondary N) is 1. The Labute approximate surface area is 141 Å². The molecule has 0 saturated carbocycles. The van der Waals surface area contributed by atoms with Crippen LogP contribution in [0.25, 0.3) is 0 Å². The number of hydrogen-bond acceptors (Lipinski definition) is 5. The first-order valence-corrected chi connectivity index (χ1v) is 8.94. The van der Waals surface area contributed by atoms with Crippen molar-refractivity contribution in [2.75, 3.05) is 39.8 Å². The fourth-order valence-electron chi connectivity index (χ4n) is 2.79. The highest BCUT2D eigenvalue weighted by Gasteiger charge is 2.27. The summed E-state index contributed by atoms with van der Waals surface area (Å²) in [7, 11) is 1.83. The Bertz CT molecular complexity index is 506. The molecule has 1 unspecified atom stereocenters. The van der Waals surface area contributed by atoms with Crippen LogP contribution in [0.5, 0.6) is 0 Å². The third-order valence-corrected chi connectivity index (χ3v) is 4.94. The van der Waals surface area contributed by atoms with Gasteiger partial charge in [-0.15, -0.1) is 11.3 Å². The largest absolute Gasteiger partial charge is 0.355 e. The molecule has 1 aromatic rings. The van der Waals surface area contributed by atoms with Crippen molar-refractivity contribution in [3.63, 3.8) is 0 Å². The topological polar surface area (TPSA) is 78.7 Å². The van der Waals surface area contributed by atoms with Crippen LogP contribution in [0.3, 0.4) is 0 Å². The lowest BCUT2D eigenvalue weighted by molar-refractivity contribution is -0.134. The molecule has 128 valence electrons. The van der Waals surface area contributed by atoms with Gasteiger partial charge in [-0.3, -0.25) is 14.5 Å². The van der Waals surface area contributed by atoms with Crippen molar-refractivity contribution in [3.05, 3.63) is 22.4 Å². The maximum atomic E-state index is 12.4. The lowest BCUT2D eigenvalue weighted by Gasteiger charge is -2.32. The van der Waals surface area contributed by atoms with E-state index in [2.05, 4.69) is 10.2 Å². The Morgan fingerprint density at radius 2 is 2.35 bits per heavy atom. The highest BCUT2D eigenvalue weighted by molar-refractivity contribution is 7.09. The second-order valence-electron chi connectivity index (χ2n) is 5.98. The average Bonchev–Trinajstić information content (AvgIpc) is 3.05. The molecule has 0 radical (unpaired) electrons. The molecule has 1 atom stereocenters. The van der Waals surface area contributed by atoms with Crippen LogP contribution in [0.15, 0.2) is 17.5 Å². The maximum Gasteiger partial charge on any atom is 0.236 e. The van der Waals surface area contributed by atoms with Crippen molar-refractivity contribution in [1.82, 2.24) is 15.1 Å². The molecular weight excluding hydrogens is 312 g/mol. The summed E-state index contributed by atoms with van der Waals surface area (Å²) in [5, 5.41) is 4.86. The monoisotopic (exact) mass is 338 g/mol. The third-order valence-electron chi connectivity index (χ3n) is 4.08. The molecule has 1 aromatic heterocycles. The van der Waals surface area contributed by atoms with Gasteiger partial charge in [0.05, 0.1) is 19.0 Å². The number of likely N-dealkylation sites (N-methyl/N-ethyl adjacent to an activating group) is 1. The number of nitrogens with zero attached hydrogens (tertiary/aromatic N) is 2. The molecule has 6 nitrogen and oxygen atoms in total. The number of carbonyl (C=O) groups is 2. The number of thiophene rings is 1. The summed E-state index contributed by atoms with van der Waals surface area (Å²) in [5.41, 5.74) is 5.41. The highest BCUT2D eigenvalue weighted by Crippen LogP contribution is 2.17. The van der Waals surface area contributed by atoms with Crippen molar-refractivity contribution < 1.29 is 9.59 Å². The zero-order valence-corrected chi connectivity index (χ0v) is 14.5. The molecule has 3 N–H and O–H groups in total. The minimum Gasteiger partial charge on any atom is -0.355 e. The first-order valence-electron chi connectivity index (χ1n) is 8.06. The zero-order valence-electron chi connectivity index (χ0n) is 13.7. The van der Waals surface area contributed by atoms with Gasteiger partial charge in [0.15, 0.2) is 0 Å². The highest BCUT2D eigenvalue weighted by atomic mass is 32.1. The molecule has 7 heteroatoms. The van der Waals surface area contributed by atoms with E-state index in [9.17, 15) is 9.59 Å². The van der Waals surface area contributed by atoms with E-state index in [-0.39, 0.29) is 17.7 Å². The summed E-state index contributed by atoms with van der Waals surface area (Å²) in [5.74, 6) is 0.117. The minimum atomic E-state index is -0.0364. The van der Waals surface area contributed by atoms with E-state index in [1.165, 1.54) is 4.88 Å². The van der Waals surface area contributed by atoms with E-state index in [0.29, 0.717) is 32.7 Å². The van der Waals surface area contributed by atoms with Gasteiger partial charge in [0, 0.05) is 31.6 Å². The number of carbonyl (C=O) groups excluding carboxylic acids is 2. The molecule has 0 spiro atoms. The Balaban J connectivity index is 1.79. The summed E-state index contributed by atoms with van der Waals surface area (Å²) in [6.07, 6.45) is 1.83. The van der Waals surface area contributed by atoms with Gasteiger partial charge < -0.3 is 16.0 Å². The van der Waals surface area contributed by atoms with Crippen LogP contribution in [0, 0.1) is 5.92 Å². The quantitative estimate of drug-likeness (QED) is 0.759. The third kappa shape index (κ3) is 5.60. The fraction of sp³-hybridized carbons (Fsp3) is 0.625. The normalized spacial score (nSPS) is 18.6. The Morgan fingerprint density at radius 3 is 3.04 bits per heavy atom. The van der Waals surface area contributed by atoms with Gasteiger partial charge in [0.25, 0.3) is 0 Å². The van der Waals surface area contributed by atoms with Crippen molar-refractivity contribution in [2.45, 2.75) is 19.4 Å². The first kappa shape index (κ1) is 17.9. The lowest BCUT2D eigenvalue weighted by Crippen LogP contribution is -2.47. The van der Waals surface area contributed by atoms with Gasteiger partial charge in [-0.25, -0.2) is 0 Å². The van der Waals surface area contributed by atoms with Gasteiger partial charge in [-0.2, -0.15) is 0 Å². The van der Waals surface area contributed by atoms with Crippen molar-refractivity contribution >= 4 is 23.2 Å². The number of likely N-dealkylation sites (tertiary alicyclic amines) is 1. The molecule has 0 aromatic carbocycles. The van der Waals surface area contributed by atoms with Crippen LogP contribution < -0.4 is 11.1 Å². The molecule has 0 aliphatic carbocycles. The van der Waals surface area contributed by atoms with Gasteiger partial charge >= 0.3 is 0 Å². The van der Waals surface area contributed by atoms with Gasteiger partial charge in [-0.1, -0.05) is 6.07 Å². The Hall–Kier alpha value is -1.44. The van der Waals surface area contributed by atoms with Crippen LogP contribution in [0.4, 0.5) is 0 Å². The van der Waals surface area contributed by atoms with Crippen LogP contribution in [0.2, 0.25) is 0 Å². The summed E-state index contributed by atoms with van der Waals surface area (Å²) in [6, 6.07) is 4.03. The number of nitrogens with two attached hydrogens (primary N) is 1. The van der Waals surface area contributed by atoms with E-state index in [1.807, 2.05) is 24.6 Å². The number of hydrogen-bond donors (Lipinski definition) is 2. The summed E-state index contributed by atoms with van der Waals surface area (Å²) in [4.78, 5) is 29.4. The Kier molecular flexibility index (Phi) is 7.01. The van der Waals surface area contributed by atoms with Crippen molar-refractivity contribution in [3.8, 4) is 0 Å². The number of rotatable bonds is 7. The fourth-order valence-corrected chi connectivity index (χ4v) is 3.55. The average molecular weight is 338 g/mol. The maximum absolute atomic E-state index is 12.4. The number of amides is 2. The van der Waals surface area contributed by atoms with Gasteiger partial charge in [0.2, 0.25) is 11.8 Å². The SMILES string of the molecule is CN(Cc1cccs1)C(=O)CN1CCCC(C(=O)NCCN)C1. The van der Waals surface area contributed by atoms with Crippen LogP contribution in [-0.2, 0) is 16.1 Å². The standard InChI is InChI=1S/C16H26N4O2S/c1-19(11-14-5-3-9-23-14)15(21)12-20-8-2-4-13(10-20)16(22)18-7-6-17/h3,5,9,13H,2,4,6-8,10-12,17H2,1H3,(H,18,22). The summed E-state index contributed by atoms with van der Waals surface area (Å²) in [6.45, 7) is 3.51. The van der Waals surface area contributed by atoms with Gasteiger partial charge in [0.1, 0.15) is 0 Å². The van der Waals surface area contributed by atoms with E-state index in [1.54, 1.807) is 16.2 Å².